The second-order valence-corrected chi connectivity index (χ2v) is 31.1. The topological polar surface area (TPSA) is 114 Å². The van der Waals surface area contributed by atoms with Crippen LogP contribution in [0.4, 0.5) is 0 Å². The van der Waals surface area contributed by atoms with E-state index in [0.717, 1.165) is 73.3 Å². The Morgan fingerprint density at radius 1 is 0.237 bits per heavy atom. The van der Waals surface area contributed by atoms with Gasteiger partial charge in [-0.3, -0.25) is 0 Å². The molecule has 0 aliphatic rings. The van der Waals surface area contributed by atoms with Gasteiger partial charge in [0.05, 0.1) is 9.79 Å². The first kappa shape index (κ1) is 87.9. The Kier molecular flexibility index (Phi) is 56.4. The molecule has 0 fully saturated rings. The molecule has 0 aromatic heterocycles. The van der Waals surface area contributed by atoms with Gasteiger partial charge in [0.15, 0.2) is 0 Å². The number of hydrogen-bond donors (Lipinski definition) is 0. The molecule has 0 heterocycles. The van der Waals surface area contributed by atoms with Gasteiger partial charge in [-0.15, -0.1) is 0 Å². The summed E-state index contributed by atoms with van der Waals surface area (Å²) in [6.07, 6.45) is 78.3. The van der Waals surface area contributed by atoms with Crippen molar-refractivity contribution >= 4 is 90.7 Å². The molecule has 0 aliphatic heterocycles. The monoisotopic (exact) mass is 1450 g/mol. The molecule has 0 amide bonds. The van der Waals surface area contributed by atoms with E-state index in [9.17, 15) is 25.9 Å². The minimum absolute atomic E-state index is 0. The van der Waals surface area contributed by atoms with Crippen LogP contribution in [0.15, 0.2) is 70.5 Å². The normalized spacial score (nSPS) is 11.8. The largest absolute Gasteiger partial charge is 2.00 e. The minimum atomic E-state index is -4.53. The molecule has 0 atom stereocenters. The fraction of sp³-hybridized carbons (Fsp3) is 0.762. The molecular weight excluding hydrogens is 1310 g/mol. The van der Waals surface area contributed by atoms with E-state index < -0.39 is 20.2 Å². The number of rotatable bonds is 62. The molecule has 0 saturated carbocycles. The van der Waals surface area contributed by atoms with Crippen molar-refractivity contribution in [3.05, 3.63) is 82.9 Å². The maximum Gasteiger partial charge on any atom is 2.00 e. The molecule has 0 radical (unpaired) electrons. The molecule has 93 heavy (non-hydrogen) atoms. The van der Waals surface area contributed by atoms with Gasteiger partial charge in [-0.2, -0.15) is 0 Å². The van der Waals surface area contributed by atoms with E-state index >= 15 is 0 Å². The third-order valence-corrected chi connectivity index (χ3v) is 21.9. The molecule has 0 N–H and O–H groups in total. The zero-order chi connectivity index (χ0) is 66.3. The summed E-state index contributed by atoms with van der Waals surface area (Å²) in [7, 11) is -9.05. The molecule has 0 spiro atoms. The molecule has 0 aliphatic carbocycles. The van der Waals surface area contributed by atoms with Crippen LogP contribution in [0.25, 0.3) is 21.5 Å². The molecule has 4 aromatic carbocycles. The van der Waals surface area contributed by atoms with Gasteiger partial charge < -0.3 is 9.11 Å². The Labute approximate surface area is 616 Å². The van der Waals surface area contributed by atoms with Crippen LogP contribution >= 0.6 is 0 Å². The molecule has 0 unspecified atom stereocenters. The summed E-state index contributed by atoms with van der Waals surface area (Å²) in [6.45, 7) is 9.12. The van der Waals surface area contributed by atoms with Crippen molar-refractivity contribution in [1.29, 1.82) is 0 Å². The summed E-state index contributed by atoms with van der Waals surface area (Å²) in [5, 5.41) is 3.13. The number of benzene rings is 4. The van der Waals surface area contributed by atoms with Gasteiger partial charge in [-0.25, -0.2) is 16.8 Å². The van der Waals surface area contributed by atoms with Gasteiger partial charge in [0, 0.05) is 10.8 Å². The Morgan fingerprint density at radius 3 is 0.613 bits per heavy atom. The molecule has 9 heteroatoms. The summed E-state index contributed by atoms with van der Waals surface area (Å²) < 4.78 is 73.5. The van der Waals surface area contributed by atoms with E-state index in [1.807, 2.05) is 24.3 Å². The number of hydrogen-bond acceptors (Lipinski definition) is 6. The molecule has 4 aromatic rings. The van der Waals surface area contributed by atoms with Crippen molar-refractivity contribution in [1.82, 2.24) is 0 Å². The molecule has 0 bridgehead atoms. The summed E-state index contributed by atoms with van der Waals surface area (Å²) in [5.41, 5.74) is 4.72. The van der Waals surface area contributed by atoms with Crippen molar-refractivity contribution in [2.45, 2.75) is 423 Å². The van der Waals surface area contributed by atoms with E-state index in [0.29, 0.717) is 10.8 Å². The standard InChI is InChI=1S/2C42H72O3S.Ba/c2*1-3-5-7-9-11-13-15-17-19-21-23-25-27-29-32-38-36-37-39-33-31-35-41(46(43,44)45)42(39)40(38)34-30-28-26-24-22-20-18-16-14-12-10-8-6-4-2;/h2*31,33,35-37H,3-30,32,34H2,1-2H3,(H,43,44,45);/q;;+2/p-2. The smallest absolute Gasteiger partial charge is 0.744 e. The van der Waals surface area contributed by atoms with Crippen LogP contribution in [0.3, 0.4) is 0 Å². The molecule has 528 valence electrons. The van der Waals surface area contributed by atoms with Crippen LogP contribution < -0.4 is 0 Å². The van der Waals surface area contributed by atoms with Crippen LogP contribution in [0.1, 0.15) is 410 Å². The predicted molar refractivity (Wildman–Crippen MR) is 406 cm³/mol. The molecule has 0 saturated heterocycles. The van der Waals surface area contributed by atoms with Crippen LogP contribution in [0, 0.1) is 0 Å². The second-order valence-electron chi connectivity index (χ2n) is 28.4. The van der Waals surface area contributed by atoms with Crippen LogP contribution in [-0.4, -0.2) is 74.8 Å². The van der Waals surface area contributed by atoms with E-state index in [1.165, 1.54) is 357 Å². The van der Waals surface area contributed by atoms with Crippen LogP contribution in [0.5, 0.6) is 0 Å². The van der Waals surface area contributed by atoms with Crippen molar-refractivity contribution in [2.75, 3.05) is 0 Å². The summed E-state index contributed by atoms with van der Waals surface area (Å²) in [5.74, 6) is 0. The summed E-state index contributed by atoms with van der Waals surface area (Å²) in [6, 6.07) is 18.8. The zero-order valence-corrected chi connectivity index (χ0v) is 67.2. The Hall–Kier alpha value is -1.21. The number of aryl methyl sites for hydroxylation is 4. The van der Waals surface area contributed by atoms with Gasteiger partial charge in [0.1, 0.15) is 20.2 Å². The van der Waals surface area contributed by atoms with Crippen molar-refractivity contribution in [2.24, 2.45) is 0 Å². The summed E-state index contributed by atoms with van der Waals surface area (Å²) in [4.78, 5) is -0.0682. The maximum atomic E-state index is 12.3. The van der Waals surface area contributed by atoms with E-state index in [4.69, 9.17) is 0 Å². The van der Waals surface area contributed by atoms with E-state index in [1.54, 1.807) is 12.1 Å². The Bertz CT molecular complexity index is 2430. The minimum Gasteiger partial charge on any atom is -0.744 e. The molecule has 4 rings (SSSR count). The second kappa shape index (κ2) is 59.6. The first-order valence-corrected chi connectivity index (χ1v) is 42.8. The predicted octanol–water partition coefficient (Wildman–Crippen LogP) is 27.2. The SMILES string of the molecule is CCCCCCCCCCCCCCCCc1ccc2cccc(S(=O)(=O)[O-])c2c1CCCCCCCCCCCCCCCC.CCCCCCCCCCCCCCCCc1ccc2cccc(S(=O)(=O)[O-])c2c1CCCCCCCCCCCCCCCC.[Ba+2]. The quantitative estimate of drug-likeness (QED) is 0.0247. The van der Waals surface area contributed by atoms with Crippen LogP contribution in [-0.2, 0) is 45.9 Å². The molecule has 6 nitrogen and oxygen atoms in total. The van der Waals surface area contributed by atoms with Crippen LogP contribution in [0.2, 0.25) is 0 Å². The average Bonchev–Trinajstić information content (AvgIpc) is 0.825. The molecular formula is C84H142BaO6S2. The fourth-order valence-corrected chi connectivity index (χ4v) is 15.9. The third kappa shape index (κ3) is 43.2. The number of unbranched alkanes of at least 4 members (excludes halogenated alkanes) is 52. The number of fused-ring (bicyclic) bond motifs is 2. The maximum absolute atomic E-state index is 12.3. The van der Waals surface area contributed by atoms with Gasteiger partial charge >= 0.3 is 48.9 Å². The third-order valence-electron chi connectivity index (χ3n) is 20.1. The van der Waals surface area contributed by atoms with Crippen molar-refractivity contribution in [3.63, 3.8) is 0 Å². The Balaban J connectivity index is 0.000000627. The first-order chi connectivity index (χ1) is 45.0. The zero-order valence-electron chi connectivity index (χ0n) is 61.2. The van der Waals surface area contributed by atoms with Gasteiger partial charge in [-0.05, 0) is 96.5 Å². The van der Waals surface area contributed by atoms with Crippen molar-refractivity contribution in [3.8, 4) is 0 Å². The average molecular weight is 1450 g/mol. The van der Waals surface area contributed by atoms with Gasteiger partial charge in [0.25, 0.3) is 0 Å². The fourth-order valence-electron chi connectivity index (χ4n) is 14.4. The van der Waals surface area contributed by atoms with E-state index in [2.05, 4.69) is 39.8 Å². The van der Waals surface area contributed by atoms with Gasteiger partial charge in [0.2, 0.25) is 0 Å². The van der Waals surface area contributed by atoms with Crippen molar-refractivity contribution < 1.29 is 25.9 Å². The first-order valence-electron chi connectivity index (χ1n) is 40.0. The summed E-state index contributed by atoms with van der Waals surface area (Å²) >= 11 is 0. The van der Waals surface area contributed by atoms with E-state index in [-0.39, 0.29) is 58.7 Å². The van der Waals surface area contributed by atoms with Gasteiger partial charge in [-0.1, -0.05) is 410 Å². The Morgan fingerprint density at radius 2 is 0.419 bits per heavy atom.